The summed E-state index contributed by atoms with van der Waals surface area (Å²) in [7, 11) is -3.13. The summed E-state index contributed by atoms with van der Waals surface area (Å²) in [6.45, 7) is 3.75. The maximum absolute atomic E-state index is 12.0. The Morgan fingerprint density at radius 2 is 1.73 bits per heavy atom. The highest BCUT2D eigenvalue weighted by molar-refractivity contribution is 7.89. The van der Waals surface area contributed by atoms with Gasteiger partial charge in [0.05, 0.1) is 5.75 Å². The van der Waals surface area contributed by atoms with Crippen LogP contribution in [0.25, 0.3) is 0 Å². The lowest BCUT2D eigenvalue weighted by Crippen LogP contribution is -2.41. The fourth-order valence-electron chi connectivity index (χ4n) is 1.99. The Bertz CT molecular complexity index is 634. The summed E-state index contributed by atoms with van der Waals surface area (Å²) < 4.78 is 22.4. The van der Waals surface area contributed by atoms with Crippen LogP contribution in [0.2, 0.25) is 0 Å². The van der Waals surface area contributed by atoms with Crippen LogP contribution >= 0.6 is 0 Å². The zero-order chi connectivity index (χ0) is 16.9. The lowest BCUT2D eigenvalue weighted by atomic mass is 10.0. The monoisotopic (exact) mass is 327 g/mol. The van der Waals surface area contributed by atoms with Gasteiger partial charge in [0.1, 0.15) is 6.04 Å². The van der Waals surface area contributed by atoms with Crippen LogP contribution in [0.1, 0.15) is 36.2 Å². The molecule has 0 bridgehead atoms. The quantitative estimate of drug-likeness (QED) is 0.789. The minimum atomic E-state index is -3.13. The van der Waals surface area contributed by atoms with E-state index in [4.69, 9.17) is 5.11 Å². The summed E-state index contributed by atoms with van der Waals surface area (Å²) in [5.74, 6) is -1.52. The molecule has 0 aliphatic carbocycles. The molecule has 0 radical (unpaired) electrons. The molecule has 0 aromatic heterocycles. The number of carboxylic acid groups (broad SMARTS) is 1. The van der Waals surface area contributed by atoms with Gasteiger partial charge in [0.15, 0.2) is 9.84 Å². The number of amides is 1. The number of carboxylic acids is 1. The summed E-state index contributed by atoms with van der Waals surface area (Å²) in [6, 6.07) is 5.14. The molecule has 0 spiro atoms. The van der Waals surface area contributed by atoms with Crippen molar-refractivity contribution in [3.8, 4) is 0 Å². The van der Waals surface area contributed by atoms with Gasteiger partial charge in [0.25, 0.3) is 5.91 Å². The number of carbonyl (C=O) groups excluding carboxylic acids is 1. The van der Waals surface area contributed by atoms with Crippen LogP contribution in [-0.2, 0) is 20.4 Å². The predicted octanol–water partition coefficient (Wildman–Crippen LogP) is 1.46. The van der Waals surface area contributed by atoms with E-state index in [1.807, 2.05) is 13.8 Å². The maximum atomic E-state index is 12.0. The molecule has 0 saturated carbocycles. The van der Waals surface area contributed by atoms with Gasteiger partial charge in [0, 0.05) is 11.8 Å². The van der Waals surface area contributed by atoms with Crippen molar-refractivity contribution in [1.82, 2.24) is 5.32 Å². The van der Waals surface area contributed by atoms with Crippen molar-refractivity contribution in [2.24, 2.45) is 5.92 Å². The number of nitrogens with one attached hydrogen (secondary N) is 1. The number of hydrogen-bond donors (Lipinski definition) is 2. The Balaban J connectivity index is 2.78. The number of carbonyl (C=O) groups is 2. The van der Waals surface area contributed by atoms with Crippen LogP contribution in [0.3, 0.4) is 0 Å². The molecule has 2 N–H and O–H groups in total. The van der Waals surface area contributed by atoms with Crippen molar-refractivity contribution in [3.63, 3.8) is 0 Å². The van der Waals surface area contributed by atoms with Gasteiger partial charge in [-0.1, -0.05) is 26.0 Å². The van der Waals surface area contributed by atoms with E-state index in [-0.39, 0.29) is 11.7 Å². The molecule has 122 valence electrons. The number of rotatable bonds is 7. The second-order valence-electron chi connectivity index (χ2n) is 5.76. The molecule has 0 saturated heterocycles. The van der Waals surface area contributed by atoms with Crippen molar-refractivity contribution in [1.29, 1.82) is 0 Å². The highest BCUT2D eigenvalue weighted by Gasteiger charge is 2.21. The maximum Gasteiger partial charge on any atom is 0.326 e. The summed E-state index contributed by atoms with van der Waals surface area (Å²) >= 11 is 0. The molecule has 1 atom stereocenters. The van der Waals surface area contributed by atoms with Crippen molar-refractivity contribution in [2.75, 3.05) is 6.26 Å². The molecule has 6 nitrogen and oxygen atoms in total. The lowest BCUT2D eigenvalue weighted by molar-refractivity contribution is -0.139. The molecule has 1 rings (SSSR count). The number of sulfone groups is 1. The molecular formula is C15H21NO5S. The largest absolute Gasteiger partial charge is 0.480 e. The van der Waals surface area contributed by atoms with Gasteiger partial charge in [-0.05, 0) is 30.0 Å². The highest BCUT2D eigenvalue weighted by atomic mass is 32.2. The molecule has 7 heteroatoms. The van der Waals surface area contributed by atoms with Crippen molar-refractivity contribution < 1.29 is 23.1 Å². The number of hydrogen-bond acceptors (Lipinski definition) is 4. The lowest BCUT2D eigenvalue weighted by Gasteiger charge is -2.16. The first kappa shape index (κ1) is 18.2. The summed E-state index contributed by atoms with van der Waals surface area (Å²) in [5, 5.41) is 11.6. The van der Waals surface area contributed by atoms with Crippen molar-refractivity contribution in [3.05, 3.63) is 35.4 Å². The Kier molecular flexibility index (Phi) is 6.11. The first-order valence-electron chi connectivity index (χ1n) is 6.89. The smallest absolute Gasteiger partial charge is 0.326 e. The zero-order valence-electron chi connectivity index (χ0n) is 12.9. The average Bonchev–Trinajstić information content (AvgIpc) is 2.36. The van der Waals surface area contributed by atoms with E-state index >= 15 is 0 Å². The van der Waals surface area contributed by atoms with Crippen molar-refractivity contribution in [2.45, 2.75) is 32.1 Å². The summed E-state index contributed by atoms with van der Waals surface area (Å²) in [5.41, 5.74) is 0.878. The SMILES string of the molecule is CC(C)C[C@@H](NC(=O)c1ccc(CS(C)(=O)=O)cc1)C(=O)O. The third-order valence-electron chi connectivity index (χ3n) is 2.96. The molecule has 0 aliphatic rings. The number of benzene rings is 1. The van der Waals surface area contributed by atoms with Gasteiger partial charge < -0.3 is 10.4 Å². The Morgan fingerprint density at radius 1 is 1.18 bits per heavy atom. The van der Waals surface area contributed by atoms with E-state index in [9.17, 15) is 18.0 Å². The van der Waals surface area contributed by atoms with E-state index in [0.717, 1.165) is 6.26 Å². The molecule has 22 heavy (non-hydrogen) atoms. The second-order valence-corrected chi connectivity index (χ2v) is 7.90. The normalized spacial score (nSPS) is 12.9. The van der Waals surface area contributed by atoms with Gasteiger partial charge in [-0.2, -0.15) is 0 Å². The van der Waals surface area contributed by atoms with Gasteiger partial charge in [-0.15, -0.1) is 0 Å². The van der Waals surface area contributed by atoms with Crippen LogP contribution in [-0.4, -0.2) is 37.7 Å². The topological polar surface area (TPSA) is 101 Å². The summed E-state index contributed by atoms with van der Waals surface area (Å²) in [6.07, 6.45) is 1.48. The van der Waals surface area contributed by atoms with E-state index in [1.165, 1.54) is 12.1 Å². The minimum absolute atomic E-state index is 0.0972. The molecule has 1 aromatic carbocycles. The minimum Gasteiger partial charge on any atom is -0.480 e. The Hall–Kier alpha value is -1.89. The van der Waals surface area contributed by atoms with Gasteiger partial charge in [-0.25, -0.2) is 13.2 Å². The van der Waals surface area contributed by atoms with Crippen LogP contribution in [0, 0.1) is 5.92 Å². The van der Waals surface area contributed by atoms with Crippen LogP contribution in [0.15, 0.2) is 24.3 Å². The predicted molar refractivity (Wildman–Crippen MR) is 83.3 cm³/mol. The van der Waals surface area contributed by atoms with E-state index in [2.05, 4.69) is 5.32 Å². The van der Waals surface area contributed by atoms with Crippen molar-refractivity contribution >= 4 is 21.7 Å². The first-order valence-corrected chi connectivity index (χ1v) is 8.95. The number of aliphatic carboxylic acids is 1. The van der Waals surface area contributed by atoms with E-state index in [1.54, 1.807) is 12.1 Å². The average molecular weight is 327 g/mol. The fraction of sp³-hybridized carbons (Fsp3) is 0.467. The molecule has 0 aliphatic heterocycles. The fourth-order valence-corrected chi connectivity index (χ4v) is 2.79. The van der Waals surface area contributed by atoms with Gasteiger partial charge in [0.2, 0.25) is 0 Å². The zero-order valence-corrected chi connectivity index (χ0v) is 13.7. The van der Waals surface area contributed by atoms with Crippen LogP contribution < -0.4 is 5.32 Å². The standard InChI is InChI=1S/C15H21NO5S/c1-10(2)8-13(15(18)19)16-14(17)12-6-4-11(5-7-12)9-22(3,20)21/h4-7,10,13H,8-9H2,1-3H3,(H,16,17)(H,18,19)/t13-/m1/s1. The molecule has 1 amide bonds. The molecule has 0 heterocycles. The highest BCUT2D eigenvalue weighted by Crippen LogP contribution is 2.10. The van der Waals surface area contributed by atoms with E-state index in [0.29, 0.717) is 17.5 Å². The molecule has 1 aromatic rings. The van der Waals surface area contributed by atoms with Crippen LogP contribution in [0.5, 0.6) is 0 Å². The first-order chi connectivity index (χ1) is 10.1. The van der Waals surface area contributed by atoms with Gasteiger partial charge >= 0.3 is 5.97 Å². The van der Waals surface area contributed by atoms with Crippen LogP contribution in [0.4, 0.5) is 0 Å². The van der Waals surface area contributed by atoms with Gasteiger partial charge in [-0.3, -0.25) is 4.79 Å². The Morgan fingerprint density at radius 3 is 2.14 bits per heavy atom. The molecule has 0 fully saturated rings. The molecular weight excluding hydrogens is 306 g/mol. The second kappa shape index (κ2) is 7.40. The third kappa shape index (κ3) is 6.26. The van der Waals surface area contributed by atoms with E-state index < -0.39 is 27.8 Å². The summed E-state index contributed by atoms with van der Waals surface area (Å²) in [4.78, 5) is 23.2. The Labute approximate surface area is 130 Å². The third-order valence-corrected chi connectivity index (χ3v) is 3.81. The molecule has 0 unspecified atom stereocenters.